The van der Waals surface area contributed by atoms with E-state index in [0.29, 0.717) is 17.2 Å². The zero-order valence-corrected chi connectivity index (χ0v) is 12.5. The van der Waals surface area contributed by atoms with Crippen molar-refractivity contribution in [3.63, 3.8) is 0 Å². The summed E-state index contributed by atoms with van der Waals surface area (Å²) in [5, 5.41) is 3.38. The second-order valence-electron chi connectivity index (χ2n) is 6.21. The minimum Gasteiger partial charge on any atom is -0.475 e. The largest absolute Gasteiger partial charge is 0.475 e. The van der Waals surface area contributed by atoms with Crippen LogP contribution in [0.2, 0.25) is 0 Å². The van der Waals surface area contributed by atoms with Crippen molar-refractivity contribution in [2.24, 2.45) is 5.41 Å². The van der Waals surface area contributed by atoms with Crippen LogP contribution in [0.25, 0.3) is 0 Å². The molecule has 2 rings (SSSR count). The second kappa shape index (κ2) is 5.76. The number of ether oxygens (including phenoxy) is 1. The number of hydrogen-bond donors (Lipinski definition) is 1. The van der Waals surface area contributed by atoms with Crippen molar-refractivity contribution in [3.05, 3.63) is 11.8 Å². The third-order valence-electron chi connectivity index (χ3n) is 3.67. The van der Waals surface area contributed by atoms with Gasteiger partial charge in [-0.05, 0) is 39.0 Å². The Morgan fingerprint density at radius 1 is 1.32 bits per heavy atom. The van der Waals surface area contributed by atoms with Gasteiger partial charge >= 0.3 is 0 Å². The smallest absolute Gasteiger partial charge is 0.226 e. The van der Waals surface area contributed by atoms with E-state index in [1.807, 2.05) is 26.8 Å². The van der Waals surface area contributed by atoms with Crippen molar-refractivity contribution >= 4 is 5.95 Å². The summed E-state index contributed by atoms with van der Waals surface area (Å²) >= 11 is 0. The standard InChI is InChI=1S/C15H25N3O/c1-11(2)19-13-9-12(3)17-14(18-13)16-10-15(4)7-5-6-8-15/h9,11H,5-8,10H2,1-4H3,(H,16,17,18). The molecule has 0 amide bonds. The highest BCUT2D eigenvalue weighted by Gasteiger charge is 2.28. The molecule has 1 aliphatic carbocycles. The zero-order valence-electron chi connectivity index (χ0n) is 12.5. The first kappa shape index (κ1) is 14.1. The fraction of sp³-hybridized carbons (Fsp3) is 0.733. The molecule has 4 nitrogen and oxygen atoms in total. The van der Waals surface area contributed by atoms with E-state index in [9.17, 15) is 0 Å². The predicted molar refractivity (Wildman–Crippen MR) is 77.6 cm³/mol. The van der Waals surface area contributed by atoms with Crippen molar-refractivity contribution in [1.82, 2.24) is 9.97 Å². The zero-order chi connectivity index (χ0) is 13.9. The third-order valence-corrected chi connectivity index (χ3v) is 3.67. The number of nitrogens with zero attached hydrogens (tertiary/aromatic N) is 2. The molecule has 106 valence electrons. The van der Waals surface area contributed by atoms with E-state index in [4.69, 9.17) is 4.74 Å². The van der Waals surface area contributed by atoms with Gasteiger partial charge in [0.1, 0.15) is 0 Å². The van der Waals surface area contributed by atoms with Gasteiger partial charge in [0.25, 0.3) is 0 Å². The van der Waals surface area contributed by atoms with Gasteiger partial charge in [-0.2, -0.15) is 4.98 Å². The van der Waals surface area contributed by atoms with Crippen LogP contribution in [0.5, 0.6) is 5.88 Å². The normalized spacial score (nSPS) is 17.7. The second-order valence-corrected chi connectivity index (χ2v) is 6.21. The molecule has 0 unspecified atom stereocenters. The molecule has 1 heterocycles. The van der Waals surface area contributed by atoms with Crippen LogP contribution in [0.4, 0.5) is 5.95 Å². The molecule has 19 heavy (non-hydrogen) atoms. The molecule has 1 N–H and O–H groups in total. The van der Waals surface area contributed by atoms with Crippen LogP contribution >= 0.6 is 0 Å². The number of aryl methyl sites for hydroxylation is 1. The first-order valence-corrected chi connectivity index (χ1v) is 7.23. The molecule has 1 fully saturated rings. The summed E-state index contributed by atoms with van der Waals surface area (Å²) in [6, 6.07) is 1.88. The maximum absolute atomic E-state index is 5.64. The monoisotopic (exact) mass is 263 g/mol. The summed E-state index contributed by atoms with van der Waals surface area (Å²) in [7, 11) is 0. The molecule has 0 aliphatic heterocycles. The van der Waals surface area contributed by atoms with Crippen LogP contribution in [0.3, 0.4) is 0 Å². The summed E-state index contributed by atoms with van der Waals surface area (Å²) in [5.74, 6) is 1.34. The van der Waals surface area contributed by atoms with Crippen LogP contribution in [0.15, 0.2) is 6.07 Å². The molecule has 1 saturated carbocycles. The first-order valence-electron chi connectivity index (χ1n) is 7.23. The van der Waals surface area contributed by atoms with E-state index < -0.39 is 0 Å². The Labute approximate surface area is 116 Å². The lowest BCUT2D eigenvalue weighted by Gasteiger charge is -2.23. The van der Waals surface area contributed by atoms with Crippen molar-refractivity contribution in [2.75, 3.05) is 11.9 Å². The van der Waals surface area contributed by atoms with Gasteiger partial charge in [0.15, 0.2) is 0 Å². The molecule has 0 aromatic carbocycles. The Hall–Kier alpha value is -1.32. The molecule has 1 aromatic rings. The van der Waals surface area contributed by atoms with Crippen LogP contribution in [-0.4, -0.2) is 22.6 Å². The van der Waals surface area contributed by atoms with Gasteiger partial charge in [-0.3, -0.25) is 0 Å². The van der Waals surface area contributed by atoms with Gasteiger partial charge in [-0.25, -0.2) is 4.98 Å². The highest BCUT2D eigenvalue weighted by atomic mass is 16.5. The maximum atomic E-state index is 5.64. The van der Waals surface area contributed by atoms with Crippen molar-refractivity contribution in [2.45, 2.75) is 59.5 Å². The van der Waals surface area contributed by atoms with Gasteiger partial charge in [0.05, 0.1) is 6.10 Å². The van der Waals surface area contributed by atoms with E-state index in [0.717, 1.165) is 12.2 Å². The lowest BCUT2D eigenvalue weighted by atomic mass is 9.89. The summed E-state index contributed by atoms with van der Waals surface area (Å²) in [5.41, 5.74) is 1.33. The lowest BCUT2D eigenvalue weighted by molar-refractivity contribution is 0.232. The average Bonchev–Trinajstić information content (AvgIpc) is 2.73. The van der Waals surface area contributed by atoms with E-state index in [2.05, 4.69) is 22.2 Å². The molecule has 0 bridgehead atoms. The number of hydrogen-bond acceptors (Lipinski definition) is 4. The maximum Gasteiger partial charge on any atom is 0.226 e. The lowest BCUT2D eigenvalue weighted by Crippen LogP contribution is -2.24. The molecule has 0 saturated heterocycles. The van der Waals surface area contributed by atoms with Gasteiger partial charge in [-0.1, -0.05) is 19.8 Å². The highest BCUT2D eigenvalue weighted by molar-refractivity contribution is 5.31. The summed E-state index contributed by atoms with van der Waals surface area (Å²) < 4.78 is 5.64. The van der Waals surface area contributed by atoms with Crippen molar-refractivity contribution in [1.29, 1.82) is 0 Å². The Kier molecular flexibility index (Phi) is 4.27. The fourth-order valence-electron chi connectivity index (χ4n) is 2.62. The van der Waals surface area contributed by atoms with Gasteiger partial charge in [0, 0.05) is 18.3 Å². The number of aromatic nitrogens is 2. The molecule has 1 aromatic heterocycles. The number of nitrogens with one attached hydrogen (secondary N) is 1. The summed E-state index contributed by atoms with van der Waals surface area (Å²) in [6.07, 6.45) is 5.40. The Balaban J connectivity index is 2.01. The van der Waals surface area contributed by atoms with Crippen LogP contribution in [-0.2, 0) is 0 Å². The fourth-order valence-corrected chi connectivity index (χ4v) is 2.62. The number of anilines is 1. The SMILES string of the molecule is Cc1cc(OC(C)C)nc(NCC2(C)CCCC2)n1. The van der Waals surface area contributed by atoms with E-state index >= 15 is 0 Å². The topological polar surface area (TPSA) is 47.0 Å². The van der Waals surface area contributed by atoms with Crippen molar-refractivity contribution < 1.29 is 4.74 Å². The predicted octanol–water partition coefficient (Wildman–Crippen LogP) is 3.56. The Bertz CT molecular complexity index is 425. The minimum absolute atomic E-state index is 0.134. The van der Waals surface area contributed by atoms with Crippen LogP contribution < -0.4 is 10.1 Å². The first-order chi connectivity index (χ1) is 8.97. The van der Waals surface area contributed by atoms with E-state index in [1.54, 1.807) is 0 Å². The van der Waals surface area contributed by atoms with Gasteiger partial charge in [-0.15, -0.1) is 0 Å². The van der Waals surface area contributed by atoms with Gasteiger partial charge in [0.2, 0.25) is 11.8 Å². The minimum atomic E-state index is 0.134. The summed E-state index contributed by atoms with van der Waals surface area (Å²) in [4.78, 5) is 8.85. The Morgan fingerprint density at radius 2 is 2.00 bits per heavy atom. The molecular weight excluding hydrogens is 238 g/mol. The van der Waals surface area contributed by atoms with Crippen LogP contribution in [0, 0.1) is 12.3 Å². The molecule has 1 aliphatic rings. The van der Waals surface area contributed by atoms with E-state index in [-0.39, 0.29) is 6.10 Å². The number of rotatable bonds is 5. The van der Waals surface area contributed by atoms with Crippen molar-refractivity contribution in [3.8, 4) is 5.88 Å². The molecule has 4 heteroatoms. The molecule has 0 radical (unpaired) electrons. The highest BCUT2D eigenvalue weighted by Crippen LogP contribution is 2.37. The average molecular weight is 263 g/mol. The quantitative estimate of drug-likeness (QED) is 0.882. The molecule has 0 atom stereocenters. The summed E-state index contributed by atoms with van der Waals surface area (Å²) in [6.45, 7) is 9.26. The van der Waals surface area contributed by atoms with Gasteiger partial charge < -0.3 is 10.1 Å². The molecule has 0 spiro atoms. The van der Waals surface area contributed by atoms with Crippen LogP contribution in [0.1, 0.15) is 52.1 Å². The molecular formula is C15H25N3O. The van der Waals surface area contributed by atoms with E-state index in [1.165, 1.54) is 25.7 Å². The Morgan fingerprint density at radius 3 is 2.63 bits per heavy atom. The third kappa shape index (κ3) is 4.08.